The van der Waals surface area contributed by atoms with E-state index in [1.54, 1.807) is 0 Å². The molecule has 0 radical (unpaired) electrons. The van der Waals surface area contributed by atoms with Crippen LogP contribution in [-0.4, -0.2) is 44.1 Å². The normalized spacial score (nSPS) is 11.3. The molecule has 0 fully saturated rings. The maximum Gasteiger partial charge on any atom is 0.407 e. The molecule has 2 rings (SSSR count). The molecular formula is C16H23N3O4. The molecule has 23 heavy (non-hydrogen) atoms. The number of fused-ring (bicyclic) bond motifs is 1. The number of alkyl carbamates (subject to hydrolysis) is 1. The average molecular weight is 321 g/mol. The predicted molar refractivity (Wildman–Crippen MR) is 88.1 cm³/mol. The highest BCUT2D eigenvalue weighted by Gasteiger charge is 2.16. The molecule has 1 aromatic carbocycles. The zero-order chi connectivity index (χ0) is 17.0. The first-order valence-corrected chi connectivity index (χ1v) is 7.43. The van der Waals surface area contributed by atoms with E-state index in [2.05, 4.69) is 10.5 Å². The van der Waals surface area contributed by atoms with Gasteiger partial charge in [0.25, 0.3) is 5.88 Å². The molecule has 0 saturated heterocycles. The molecule has 0 aliphatic rings. The van der Waals surface area contributed by atoms with E-state index in [9.17, 15) is 4.79 Å². The maximum atomic E-state index is 11.5. The summed E-state index contributed by atoms with van der Waals surface area (Å²) in [5.74, 6) is 0.412. The molecule has 1 heterocycles. The van der Waals surface area contributed by atoms with Gasteiger partial charge in [-0.3, -0.25) is 0 Å². The summed E-state index contributed by atoms with van der Waals surface area (Å²) in [6.07, 6.45) is -0.471. The quantitative estimate of drug-likeness (QED) is 0.853. The van der Waals surface area contributed by atoms with Crippen molar-refractivity contribution in [3.8, 4) is 5.88 Å². The summed E-state index contributed by atoms with van der Waals surface area (Å²) in [6.45, 7) is 6.02. The molecule has 7 heteroatoms. The minimum absolute atomic E-state index is 0.271. The number of carbonyl (C=O) groups is 1. The van der Waals surface area contributed by atoms with Crippen LogP contribution in [0.25, 0.3) is 11.0 Å². The molecule has 0 spiro atoms. The lowest BCUT2D eigenvalue weighted by Gasteiger charge is -2.19. The summed E-state index contributed by atoms with van der Waals surface area (Å²) < 4.78 is 15.9. The van der Waals surface area contributed by atoms with Crippen molar-refractivity contribution < 1.29 is 18.8 Å². The van der Waals surface area contributed by atoms with Crippen molar-refractivity contribution in [1.82, 2.24) is 10.5 Å². The molecule has 0 saturated carbocycles. The third-order valence-corrected chi connectivity index (χ3v) is 2.95. The van der Waals surface area contributed by atoms with Gasteiger partial charge in [-0.2, -0.15) is 0 Å². The van der Waals surface area contributed by atoms with Gasteiger partial charge in [0.1, 0.15) is 12.2 Å². The van der Waals surface area contributed by atoms with Crippen LogP contribution in [-0.2, 0) is 4.74 Å². The van der Waals surface area contributed by atoms with E-state index in [1.165, 1.54) is 0 Å². The van der Waals surface area contributed by atoms with Gasteiger partial charge < -0.3 is 24.2 Å². The van der Waals surface area contributed by atoms with Gasteiger partial charge in [0, 0.05) is 19.8 Å². The molecule has 7 nitrogen and oxygen atoms in total. The zero-order valence-corrected chi connectivity index (χ0v) is 14.2. The molecule has 0 bridgehead atoms. The first-order chi connectivity index (χ1) is 10.8. The molecule has 0 unspecified atom stereocenters. The lowest BCUT2D eigenvalue weighted by Crippen LogP contribution is -2.34. The van der Waals surface area contributed by atoms with Gasteiger partial charge in [-0.05, 0) is 44.1 Å². The van der Waals surface area contributed by atoms with Crippen molar-refractivity contribution in [3.63, 3.8) is 0 Å². The molecular weight excluding hydrogens is 298 g/mol. The second kappa shape index (κ2) is 6.76. The first-order valence-electron chi connectivity index (χ1n) is 7.43. The lowest BCUT2D eigenvalue weighted by molar-refractivity contribution is 0.0520. The Labute approximate surface area is 135 Å². The van der Waals surface area contributed by atoms with E-state index in [0.717, 1.165) is 11.1 Å². The summed E-state index contributed by atoms with van der Waals surface area (Å²) in [5.41, 5.74) is 1.17. The number of hydrogen-bond donors (Lipinski definition) is 1. The molecule has 1 aromatic heterocycles. The number of ether oxygens (including phenoxy) is 2. The zero-order valence-electron chi connectivity index (χ0n) is 14.2. The molecule has 0 aliphatic carbocycles. The fourth-order valence-corrected chi connectivity index (χ4v) is 1.90. The number of carbonyl (C=O) groups excluding carboxylic acids is 1. The highest BCUT2D eigenvalue weighted by atomic mass is 16.6. The largest absolute Gasteiger partial charge is 0.473 e. The number of aromatic nitrogens is 1. The van der Waals surface area contributed by atoms with E-state index < -0.39 is 11.7 Å². The fraction of sp³-hybridized carbons (Fsp3) is 0.500. The van der Waals surface area contributed by atoms with Crippen LogP contribution in [0.15, 0.2) is 22.7 Å². The number of benzene rings is 1. The molecule has 1 N–H and O–H groups in total. The van der Waals surface area contributed by atoms with Crippen LogP contribution in [0.3, 0.4) is 0 Å². The van der Waals surface area contributed by atoms with Gasteiger partial charge >= 0.3 is 6.09 Å². The second-order valence-electron chi connectivity index (χ2n) is 6.34. The first kappa shape index (κ1) is 16.9. The van der Waals surface area contributed by atoms with Crippen LogP contribution in [0.1, 0.15) is 20.8 Å². The average Bonchev–Trinajstić information content (AvgIpc) is 2.84. The molecule has 0 aliphatic heterocycles. The van der Waals surface area contributed by atoms with E-state index >= 15 is 0 Å². The molecule has 1 amide bonds. The smallest absolute Gasteiger partial charge is 0.407 e. The van der Waals surface area contributed by atoms with Gasteiger partial charge in [0.2, 0.25) is 0 Å². The molecule has 0 atom stereocenters. The second-order valence-corrected chi connectivity index (χ2v) is 6.34. The van der Waals surface area contributed by atoms with Crippen molar-refractivity contribution in [2.75, 3.05) is 32.1 Å². The van der Waals surface area contributed by atoms with Crippen LogP contribution >= 0.6 is 0 Å². The van der Waals surface area contributed by atoms with Gasteiger partial charge in [-0.1, -0.05) is 0 Å². The third-order valence-electron chi connectivity index (χ3n) is 2.95. The number of nitrogens with one attached hydrogen (secondary N) is 1. The third kappa shape index (κ3) is 4.77. The van der Waals surface area contributed by atoms with Gasteiger partial charge in [0.05, 0.1) is 11.9 Å². The Bertz CT molecular complexity index is 674. The predicted octanol–water partition coefficient (Wildman–Crippen LogP) is 2.80. The Morgan fingerprint density at radius 1 is 1.35 bits per heavy atom. The summed E-state index contributed by atoms with van der Waals surface area (Å²) >= 11 is 0. The minimum Gasteiger partial charge on any atom is -0.473 e. The van der Waals surface area contributed by atoms with Crippen molar-refractivity contribution in [3.05, 3.63) is 18.2 Å². The Kier molecular flexibility index (Phi) is 4.98. The van der Waals surface area contributed by atoms with E-state index in [0.29, 0.717) is 18.0 Å². The van der Waals surface area contributed by atoms with E-state index in [4.69, 9.17) is 14.0 Å². The number of nitrogens with zero attached hydrogens (tertiary/aromatic N) is 2. The van der Waals surface area contributed by atoms with Crippen LogP contribution in [0, 0.1) is 0 Å². The number of hydrogen-bond acceptors (Lipinski definition) is 6. The Morgan fingerprint density at radius 2 is 2.09 bits per heavy atom. The number of rotatable bonds is 5. The summed E-state index contributed by atoms with van der Waals surface area (Å²) in [6, 6.07) is 5.74. The van der Waals surface area contributed by atoms with Gasteiger partial charge in [-0.15, -0.1) is 0 Å². The lowest BCUT2D eigenvalue weighted by atomic mass is 10.2. The van der Waals surface area contributed by atoms with Crippen LogP contribution in [0.2, 0.25) is 0 Å². The van der Waals surface area contributed by atoms with Crippen LogP contribution < -0.4 is 15.0 Å². The molecule has 126 valence electrons. The van der Waals surface area contributed by atoms with Crippen molar-refractivity contribution in [2.24, 2.45) is 0 Å². The highest BCUT2D eigenvalue weighted by Crippen LogP contribution is 2.28. The van der Waals surface area contributed by atoms with E-state index in [-0.39, 0.29) is 6.61 Å². The standard InChI is InChI=1S/C16H23N3O4/c1-16(2,3)22-15(20)17-8-9-21-14-12-10-11(19(4)5)6-7-13(12)23-18-14/h6-7,10H,8-9H2,1-5H3,(H,17,20). The van der Waals surface area contributed by atoms with E-state index in [1.807, 2.05) is 58.0 Å². The Morgan fingerprint density at radius 3 is 2.74 bits per heavy atom. The summed E-state index contributed by atoms with van der Waals surface area (Å²) in [7, 11) is 3.92. The topological polar surface area (TPSA) is 76.8 Å². The summed E-state index contributed by atoms with van der Waals surface area (Å²) in [5, 5.41) is 7.34. The minimum atomic E-state index is -0.518. The maximum absolute atomic E-state index is 11.5. The van der Waals surface area contributed by atoms with Gasteiger partial charge in [0.15, 0.2) is 5.58 Å². The van der Waals surface area contributed by atoms with Crippen molar-refractivity contribution in [1.29, 1.82) is 0 Å². The SMILES string of the molecule is CN(C)c1ccc2onc(OCCNC(=O)OC(C)(C)C)c2c1. The molecule has 2 aromatic rings. The summed E-state index contributed by atoms with van der Waals surface area (Å²) in [4.78, 5) is 13.5. The van der Waals surface area contributed by atoms with Gasteiger partial charge in [-0.25, -0.2) is 4.79 Å². The highest BCUT2D eigenvalue weighted by molar-refractivity contribution is 5.85. The monoisotopic (exact) mass is 321 g/mol. The fourth-order valence-electron chi connectivity index (χ4n) is 1.90. The number of anilines is 1. The van der Waals surface area contributed by atoms with Crippen molar-refractivity contribution in [2.45, 2.75) is 26.4 Å². The van der Waals surface area contributed by atoms with Crippen molar-refractivity contribution >= 4 is 22.7 Å². The van der Waals surface area contributed by atoms with Crippen LogP contribution in [0.4, 0.5) is 10.5 Å². The van der Waals surface area contributed by atoms with Crippen LogP contribution in [0.5, 0.6) is 5.88 Å². The Hall–Kier alpha value is -2.44. The Balaban J connectivity index is 1.90. The number of amides is 1.